The summed E-state index contributed by atoms with van der Waals surface area (Å²) >= 11 is 11.7. The van der Waals surface area contributed by atoms with Gasteiger partial charge in [0.25, 0.3) is 5.91 Å². The number of carbonyl (C=O) groups excluding carboxylic acids is 2. The Morgan fingerprint density at radius 2 is 1.88 bits per heavy atom. The number of sulfone groups is 1. The Morgan fingerprint density at radius 1 is 1.16 bits per heavy atom. The van der Waals surface area contributed by atoms with Crippen LogP contribution >= 0.6 is 23.2 Å². The summed E-state index contributed by atoms with van der Waals surface area (Å²) in [4.78, 5) is 31.8. The van der Waals surface area contributed by atoms with Crippen LogP contribution in [0.3, 0.4) is 0 Å². The first-order chi connectivity index (χ1) is 15.0. The highest BCUT2D eigenvalue weighted by Crippen LogP contribution is 2.28. The van der Waals surface area contributed by atoms with Crippen LogP contribution in [-0.2, 0) is 9.84 Å². The van der Waals surface area contributed by atoms with E-state index in [1.165, 1.54) is 30.6 Å². The van der Waals surface area contributed by atoms with Crippen molar-refractivity contribution in [3.8, 4) is 0 Å². The van der Waals surface area contributed by atoms with E-state index in [4.69, 9.17) is 23.2 Å². The van der Waals surface area contributed by atoms with Crippen molar-refractivity contribution in [1.82, 2.24) is 9.97 Å². The largest absolute Gasteiger partial charge is 0.369 e. The molecule has 0 spiro atoms. The molecule has 32 heavy (non-hydrogen) atoms. The average molecular weight is 499 g/mol. The molecule has 2 aromatic heterocycles. The number of anilines is 2. The third kappa shape index (κ3) is 5.84. The van der Waals surface area contributed by atoms with Crippen molar-refractivity contribution < 1.29 is 22.4 Å². The zero-order chi connectivity index (χ0) is 23.5. The summed E-state index contributed by atoms with van der Waals surface area (Å²) in [6, 6.07) is 6.97. The number of halogens is 3. The summed E-state index contributed by atoms with van der Waals surface area (Å²) in [7, 11) is -3.09. The van der Waals surface area contributed by atoms with Crippen molar-refractivity contribution in [3.05, 3.63) is 75.4 Å². The third-order valence-corrected chi connectivity index (χ3v) is 5.81. The second-order valence-electron chi connectivity index (χ2n) is 6.79. The van der Waals surface area contributed by atoms with Gasteiger partial charge in [-0.2, -0.15) is 0 Å². The van der Waals surface area contributed by atoms with Crippen molar-refractivity contribution in [2.45, 2.75) is 0 Å². The number of aromatic amines is 1. The first-order valence-electron chi connectivity index (χ1n) is 9.11. The molecule has 0 atom stereocenters. The summed E-state index contributed by atoms with van der Waals surface area (Å²) in [5, 5.41) is 5.12. The molecule has 0 unspecified atom stereocenters. The molecule has 0 aliphatic rings. The number of aromatic nitrogens is 2. The highest BCUT2D eigenvalue weighted by Gasteiger charge is 2.22. The molecule has 12 heteroatoms. The summed E-state index contributed by atoms with van der Waals surface area (Å²) in [5.74, 6) is -1.81. The van der Waals surface area contributed by atoms with Gasteiger partial charge in [-0.3, -0.25) is 9.59 Å². The lowest BCUT2D eigenvalue weighted by molar-refractivity contribution is 0.102. The zero-order valence-electron chi connectivity index (χ0n) is 16.6. The molecule has 3 aromatic rings. The molecule has 0 bridgehead atoms. The minimum Gasteiger partial charge on any atom is -0.369 e. The fraction of sp³-hybridized carbons (Fsp3) is 0.150. The number of carbonyl (C=O) groups is 2. The van der Waals surface area contributed by atoms with Gasteiger partial charge in [-0.05, 0) is 30.3 Å². The number of nitrogens with zero attached hydrogens (tertiary/aromatic N) is 1. The Labute approximate surface area is 193 Å². The van der Waals surface area contributed by atoms with Gasteiger partial charge >= 0.3 is 0 Å². The van der Waals surface area contributed by atoms with Crippen LogP contribution < -0.4 is 10.6 Å². The Bertz CT molecular complexity index is 1280. The molecule has 3 rings (SSSR count). The number of pyridine rings is 1. The molecule has 0 saturated heterocycles. The number of rotatable bonds is 8. The predicted octanol–water partition coefficient (Wildman–Crippen LogP) is 3.80. The lowest BCUT2D eigenvalue weighted by atomic mass is 10.0. The summed E-state index contributed by atoms with van der Waals surface area (Å²) < 4.78 is 36.5. The van der Waals surface area contributed by atoms with Gasteiger partial charge in [0, 0.05) is 24.6 Å². The molecule has 0 saturated carbocycles. The first kappa shape index (κ1) is 23.7. The van der Waals surface area contributed by atoms with Gasteiger partial charge in [0.15, 0.2) is 11.6 Å². The number of H-pyrrole nitrogens is 1. The molecule has 0 aliphatic carbocycles. The molecule has 3 N–H and O–H groups in total. The van der Waals surface area contributed by atoms with Gasteiger partial charge in [0.2, 0.25) is 0 Å². The van der Waals surface area contributed by atoms with Crippen LogP contribution in [-0.4, -0.2) is 48.6 Å². The Morgan fingerprint density at radius 3 is 2.53 bits per heavy atom. The van der Waals surface area contributed by atoms with Crippen LogP contribution in [0.5, 0.6) is 0 Å². The number of amides is 1. The van der Waals surface area contributed by atoms with Crippen LogP contribution in [0, 0.1) is 5.82 Å². The van der Waals surface area contributed by atoms with Gasteiger partial charge in [-0.1, -0.05) is 23.2 Å². The van der Waals surface area contributed by atoms with E-state index in [0.29, 0.717) is 11.5 Å². The maximum Gasteiger partial charge on any atom is 0.272 e. The maximum atomic E-state index is 14.3. The van der Waals surface area contributed by atoms with Crippen molar-refractivity contribution in [1.29, 1.82) is 0 Å². The van der Waals surface area contributed by atoms with Gasteiger partial charge in [0.05, 0.1) is 33.2 Å². The Kier molecular flexibility index (Phi) is 7.17. The minimum absolute atomic E-state index is 0.0294. The topological polar surface area (TPSA) is 121 Å². The van der Waals surface area contributed by atoms with E-state index in [1.54, 1.807) is 12.1 Å². The Balaban J connectivity index is 1.66. The average Bonchev–Trinajstić information content (AvgIpc) is 3.22. The van der Waals surface area contributed by atoms with E-state index in [0.717, 1.165) is 6.26 Å². The third-order valence-electron chi connectivity index (χ3n) is 4.26. The van der Waals surface area contributed by atoms with Gasteiger partial charge in [-0.15, -0.1) is 0 Å². The second-order valence-corrected chi connectivity index (χ2v) is 9.87. The van der Waals surface area contributed by atoms with Crippen LogP contribution in [0.25, 0.3) is 0 Å². The molecule has 1 aromatic carbocycles. The molecular weight excluding hydrogens is 482 g/mol. The van der Waals surface area contributed by atoms with E-state index >= 15 is 0 Å². The van der Waals surface area contributed by atoms with Crippen LogP contribution in [0.15, 0.2) is 42.7 Å². The van der Waals surface area contributed by atoms with E-state index < -0.39 is 27.3 Å². The summed E-state index contributed by atoms with van der Waals surface area (Å²) in [6.07, 6.45) is 3.79. The van der Waals surface area contributed by atoms with Crippen LogP contribution in [0.1, 0.15) is 26.4 Å². The van der Waals surface area contributed by atoms with Gasteiger partial charge < -0.3 is 15.6 Å². The smallest absolute Gasteiger partial charge is 0.272 e. The quantitative estimate of drug-likeness (QED) is 0.320. The number of hydrogen-bond acceptors (Lipinski definition) is 6. The molecule has 8 nitrogen and oxygen atoms in total. The van der Waals surface area contributed by atoms with Gasteiger partial charge in [0.1, 0.15) is 21.3 Å². The molecule has 168 valence electrons. The monoisotopic (exact) mass is 498 g/mol. The zero-order valence-corrected chi connectivity index (χ0v) is 18.9. The van der Waals surface area contributed by atoms with Crippen LogP contribution in [0.4, 0.5) is 15.9 Å². The van der Waals surface area contributed by atoms with E-state index in [2.05, 4.69) is 20.6 Å². The lowest BCUT2D eigenvalue weighted by Crippen LogP contribution is -2.15. The summed E-state index contributed by atoms with van der Waals surface area (Å²) in [5.41, 5.74) is 0.0763. The van der Waals surface area contributed by atoms with E-state index in [-0.39, 0.29) is 39.2 Å². The fourth-order valence-electron chi connectivity index (χ4n) is 2.67. The summed E-state index contributed by atoms with van der Waals surface area (Å²) in [6.45, 7) is 0.202. The van der Waals surface area contributed by atoms with Crippen molar-refractivity contribution in [2.75, 3.05) is 29.2 Å². The van der Waals surface area contributed by atoms with Gasteiger partial charge in [-0.25, -0.2) is 17.8 Å². The molecule has 0 aliphatic heterocycles. The number of nitrogens with one attached hydrogen (secondary N) is 3. The number of ketones is 1. The molecule has 2 heterocycles. The first-order valence-corrected chi connectivity index (χ1v) is 11.9. The van der Waals surface area contributed by atoms with Crippen molar-refractivity contribution >= 4 is 56.2 Å². The molecular formula is C20H17Cl2FN4O4S. The van der Waals surface area contributed by atoms with Crippen molar-refractivity contribution in [2.24, 2.45) is 0 Å². The van der Waals surface area contributed by atoms with E-state index in [1.807, 2.05) is 0 Å². The lowest BCUT2D eigenvalue weighted by Gasteiger charge is -2.07. The fourth-order valence-corrected chi connectivity index (χ4v) is 3.53. The minimum atomic E-state index is -3.09. The highest BCUT2D eigenvalue weighted by molar-refractivity contribution is 7.90. The van der Waals surface area contributed by atoms with Crippen LogP contribution in [0.2, 0.25) is 10.0 Å². The predicted molar refractivity (Wildman–Crippen MR) is 121 cm³/mol. The second kappa shape index (κ2) is 9.68. The van der Waals surface area contributed by atoms with E-state index in [9.17, 15) is 22.4 Å². The molecule has 0 fully saturated rings. The SMILES string of the molecule is CS(=O)(=O)CCNc1ccc(NC(=O)c2cc(C(=O)c3c(Cl)ccc(Cl)c3F)c[nH]2)cn1. The Hall–Kier alpha value is -2.95. The molecule has 0 radical (unpaired) electrons. The molecule has 1 amide bonds. The normalized spacial score (nSPS) is 11.2. The standard InChI is InChI=1S/C20H17Cl2FN4O4S/c1-32(30,31)7-6-24-16-5-2-12(10-26-16)27-20(29)15-8-11(9-25-15)19(28)17-13(21)3-4-14(22)18(17)23/h2-5,8-10,25H,6-7H2,1H3,(H,24,26)(H,27,29). The number of hydrogen-bond donors (Lipinski definition) is 3. The number of benzene rings is 1. The maximum absolute atomic E-state index is 14.3. The van der Waals surface area contributed by atoms with Crippen molar-refractivity contribution in [3.63, 3.8) is 0 Å². The highest BCUT2D eigenvalue weighted by atomic mass is 35.5.